The maximum atomic E-state index is 12.1. The number of nitrogens with one attached hydrogen (secondary N) is 1. The summed E-state index contributed by atoms with van der Waals surface area (Å²) in [5.74, 6) is 0.203. The number of amides is 2. The number of aryl methyl sites for hydroxylation is 1. The van der Waals surface area contributed by atoms with Crippen LogP contribution >= 0.6 is 11.3 Å². The van der Waals surface area contributed by atoms with E-state index in [2.05, 4.69) is 5.32 Å². The fraction of sp³-hybridized carbons (Fsp3) is 0.615. The fourth-order valence-electron chi connectivity index (χ4n) is 2.27. The molecule has 2 atom stereocenters. The van der Waals surface area contributed by atoms with Crippen LogP contribution in [0.3, 0.4) is 0 Å². The summed E-state index contributed by atoms with van der Waals surface area (Å²) < 4.78 is 0. The summed E-state index contributed by atoms with van der Waals surface area (Å²) >= 11 is 1.58. The normalized spacial score (nSPS) is 21.7. The summed E-state index contributed by atoms with van der Waals surface area (Å²) in [5, 5.41) is 13.4. The van der Waals surface area contributed by atoms with Crippen molar-refractivity contribution in [3.05, 3.63) is 17.0 Å². The van der Waals surface area contributed by atoms with Gasteiger partial charge in [-0.3, -0.25) is 5.32 Å². The molecule has 0 bridgehead atoms. The number of aliphatic hydroxyl groups is 1. The van der Waals surface area contributed by atoms with Crippen molar-refractivity contribution >= 4 is 22.4 Å². The maximum Gasteiger partial charge on any atom is 0.322 e. The van der Waals surface area contributed by atoms with Gasteiger partial charge in [0.05, 0.1) is 11.1 Å². The zero-order valence-corrected chi connectivity index (χ0v) is 11.7. The molecule has 1 saturated heterocycles. The van der Waals surface area contributed by atoms with Gasteiger partial charge >= 0.3 is 6.03 Å². The number of rotatable bonds is 2. The Morgan fingerprint density at radius 1 is 1.61 bits per heavy atom. The number of aliphatic hydroxyl groups excluding tert-OH is 1. The molecule has 0 saturated carbocycles. The first-order valence-electron chi connectivity index (χ1n) is 6.36. The number of urea groups is 1. The van der Waals surface area contributed by atoms with Crippen LogP contribution in [0.4, 0.5) is 9.80 Å². The minimum Gasteiger partial charge on any atom is -0.393 e. The first kappa shape index (κ1) is 13.4. The highest BCUT2D eigenvalue weighted by atomic mass is 32.1. The molecule has 2 rings (SSSR count). The molecule has 1 aromatic rings. The highest BCUT2D eigenvalue weighted by Gasteiger charge is 2.26. The Kier molecular flexibility index (Phi) is 4.24. The quantitative estimate of drug-likeness (QED) is 0.866. The molecule has 2 N–H and O–H groups in total. The van der Waals surface area contributed by atoms with Crippen molar-refractivity contribution in [1.29, 1.82) is 0 Å². The lowest BCUT2D eigenvalue weighted by atomic mass is 9.94. The maximum absolute atomic E-state index is 12.1. The van der Waals surface area contributed by atoms with Crippen molar-refractivity contribution in [1.82, 2.24) is 4.90 Å². The highest BCUT2D eigenvalue weighted by molar-refractivity contribution is 7.16. The van der Waals surface area contributed by atoms with Gasteiger partial charge in [0.15, 0.2) is 0 Å². The first-order chi connectivity index (χ1) is 8.56. The van der Waals surface area contributed by atoms with Gasteiger partial charge in [-0.05, 0) is 38.8 Å². The van der Waals surface area contributed by atoms with Crippen LogP contribution in [0.5, 0.6) is 0 Å². The van der Waals surface area contributed by atoms with Crippen LogP contribution in [-0.4, -0.2) is 35.2 Å². The largest absolute Gasteiger partial charge is 0.393 e. The van der Waals surface area contributed by atoms with E-state index < -0.39 is 0 Å². The lowest BCUT2D eigenvalue weighted by Crippen LogP contribution is -2.44. The molecular formula is C13H20N2O2S. The van der Waals surface area contributed by atoms with Gasteiger partial charge in [0, 0.05) is 23.9 Å². The molecule has 0 spiro atoms. The van der Waals surface area contributed by atoms with E-state index in [4.69, 9.17) is 0 Å². The molecule has 0 aromatic carbocycles. The Morgan fingerprint density at radius 3 is 3.00 bits per heavy atom. The topological polar surface area (TPSA) is 52.6 Å². The van der Waals surface area contributed by atoms with Crippen molar-refractivity contribution in [2.24, 2.45) is 5.92 Å². The van der Waals surface area contributed by atoms with E-state index in [9.17, 15) is 9.90 Å². The standard InChI is InChI=1S/C13H20N2O2S/c1-9-5-6-12(18-9)14-13(17)15-7-3-4-11(8-15)10(2)16/h5-6,10-11,16H,3-4,7-8H2,1-2H3,(H,14,17). The van der Waals surface area contributed by atoms with E-state index in [1.54, 1.807) is 23.2 Å². The van der Waals surface area contributed by atoms with E-state index >= 15 is 0 Å². The van der Waals surface area contributed by atoms with Crippen molar-refractivity contribution < 1.29 is 9.90 Å². The molecule has 0 radical (unpaired) electrons. The number of hydrogen-bond donors (Lipinski definition) is 2. The van der Waals surface area contributed by atoms with Crippen molar-refractivity contribution in [2.75, 3.05) is 18.4 Å². The predicted molar refractivity (Wildman–Crippen MR) is 74.1 cm³/mol. The molecule has 5 heteroatoms. The third-order valence-corrected chi connectivity index (χ3v) is 4.31. The molecule has 2 unspecified atom stereocenters. The minimum absolute atomic E-state index is 0.0535. The number of thiophene rings is 1. The second kappa shape index (κ2) is 5.71. The van der Waals surface area contributed by atoms with Crippen LogP contribution in [-0.2, 0) is 0 Å². The van der Waals surface area contributed by atoms with Crippen LogP contribution in [0.1, 0.15) is 24.6 Å². The van der Waals surface area contributed by atoms with Crippen molar-refractivity contribution in [3.63, 3.8) is 0 Å². The second-order valence-electron chi connectivity index (χ2n) is 4.93. The third kappa shape index (κ3) is 3.23. The fourth-order valence-corrected chi connectivity index (χ4v) is 3.03. The SMILES string of the molecule is Cc1ccc(NC(=O)N2CCCC(C(C)O)C2)s1. The Balaban J connectivity index is 1.92. The third-order valence-electron chi connectivity index (χ3n) is 3.40. The Labute approximate surface area is 112 Å². The summed E-state index contributed by atoms with van der Waals surface area (Å²) in [6, 6.07) is 3.87. The summed E-state index contributed by atoms with van der Waals surface area (Å²) in [4.78, 5) is 15.1. The monoisotopic (exact) mass is 268 g/mol. The summed E-state index contributed by atoms with van der Waals surface area (Å²) in [6.07, 6.45) is 1.62. The van der Waals surface area contributed by atoms with E-state index in [1.165, 1.54) is 4.88 Å². The van der Waals surface area contributed by atoms with Crippen LogP contribution in [0.25, 0.3) is 0 Å². The number of carbonyl (C=O) groups excluding carboxylic acids is 1. The molecule has 1 aliphatic heterocycles. The molecule has 4 nitrogen and oxygen atoms in total. The minimum atomic E-state index is -0.343. The number of hydrogen-bond acceptors (Lipinski definition) is 3. The lowest BCUT2D eigenvalue weighted by molar-refractivity contribution is 0.0766. The predicted octanol–water partition coefficient (Wildman–Crippen LogP) is 2.68. The van der Waals surface area contributed by atoms with Gasteiger partial charge in [0.2, 0.25) is 0 Å². The van der Waals surface area contributed by atoms with Crippen LogP contribution in [0, 0.1) is 12.8 Å². The van der Waals surface area contributed by atoms with E-state index in [-0.39, 0.29) is 18.1 Å². The first-order valence-corrected chi connectivity index (χ1v) is 7.18. The lowest BCUT2D eigenvalue weighted by Gasteiger charge is -2.33. The molecule has 0 aliphatic carbocycles. The summed E-state index contributed by atoms with van der Waals surface area (Å²) in [5.41, 5.74) is 0. The van der Waals surface area contributed by atoms with Gasteiger partial charge < -0.3 is 10.0 Å². The summed E-state index contributed by atoms with van der Waals surface area (Å²) in [6.45, 7) is 5.24. The second-order valence-corrected chi connectivity index (χ2v) is 6.22. The number of carbonyl (C=O) groups is 1. The Bertz CT molecular complexity index is 417. The van der Waals surface area contributed by atoms with Gasteiger partial charge in [-0.2, -0.15) is 0 Å². The number of nitrogens with zero attached hydrogens (tertiary/aromatic N) is 1. The zero-order chi connectivity index (χ0) is 13.1. The molecule has 100 valence electrons. The van der Waals surface area contributed by atoms with Gasteiger partial charge in [0.1, 0.15) is 0 Å². The van der Waals surface area contributed by atoms with Crippen LogP contribution < -0.4 is 5.32 Å². The van der Waals surface area contributed by atoms with Gasteiger partial charge in [0.25, 0.3) is 0 Å². The zero-order valence-electron chi connectivity index (χ0n) is 10.8. The molecule has 1 aliphatic rings. The molecular weight excluding hydrogens is 248 g/mol. The van der Waals surface area contributed by atoms with Crippen LogP contribution in [0.15, 0.2) is 12.1 Å². The van der Waals surface area contributed by atoms with Gasteiger partial charge in [-0.15, -0.1) is 11.3 Å². The smallest absolute Gasteiger partial charge is 0.322 e. The van der Waals surface area contributed by atoms with Gasteiger partial charge in [-0.1, -0.05) is 0 Å². The van der Waals surface area contributed by atoms with Crippen molar-refractivity contribution in [3.8, 4) is 0 Å². The highest BCUT2D eigenvalue weighted by Crippen LogP contribution is 2.23. The molecule has 2 heterocycles. The molecule has 2 amide bonds. The van der Waals surface area contributed by atoms with E-state index in [0.29, 0.717) is 6.54 Å². The van der Waals surface area contributed by atoms with Crippen molar-refractivity contribution in [2.45, 2.75) is 32.8 Å². The molecule has 1 fully saturated rings. The molecule has 1 aromatic heterocycles. The number of anilines is 1. The Morgan fingerprint density at radius 2 is 2.39 bits per heavy atom. The van der Waals surface area contributed by atoms with E-state index in [1.807, 2.05) is 19.1 Å². The Hall–Kier alpha value is -1.07. The van der Waals surface area contributed by atoms with Gasteiger partial charge in [-0.25, -0.2) is 4.79 Å². The summed E-state index contributed by atoms with van der Waals surface area (Å²) in [7, 11) is 0. The van der Waals surface area contributed by atoms with E-state index in [0.717, 1.165) is 24.4 Å². The van der Waals surface area contributed by atoms with Crippen LogP contribution in [0.2, 0.25) is 0 Å². The molecule has 18 heavy (non-hydrogen) atoms. The number of piperidine rings is 1. The average molecular weight is 268 g/mol. The number of likely N-dealkylation sites (tertiary alicyclic amines) is 1. The average Bonchev–Trinajstić information content (AvgIpc) is 2.75.